The van der Waals surface area contributed by atoms with Crippen LogP contribution in [0.2, 0.25) is 0 Å². The molecule has 8 heteroatoms. The fourth-order valence-electron chi connectivity index (χ4n) is 3.44. The van der Waals surface area contributed by atoms with Crippen LogP contribution in [0.15, 0.2) is 58.3 Å². The summed E-state index contributed by atoms with van der Waals surface area (Å²) in [6.07, 6.45) is 3.62. The van der Waals surface area contributed by atoms with Crippen molar-refractivity contribution in [1.82, 2.24) is 19.1 Å². The summed E-state index contributed by atoms with van der Waals surface area (Å²) in [5, 5.41) is 6.74. The molecule has 4 aromatic rings. The average molecular weight is 434 g/mol. The fraction of sp³-hybridized carbons (Fsp3) is 0.217. The van der Waals surface area contributed by atoms with Gasteiger partial charge in [-0.15, -0.1) is 0 Å². The molecule has 0 fully saturated rings. The van der Waals surface area contributed by atoms with E-state index in [0.29, 0.717) is 11.5 Å². The van der Waals surface area contributed by atoms with Crippen LogP contribution >= 0.6 is 11.3 Å². The van der Waals surface area contributed by atoms with Gasteiger partial charge >= 0.3 is 0 Å². The summed E-state index contributed by atoms with van der Waals surface area (Å²) >= 11 is 1.57. The van der Waals surface area contributed by atoms with E-state index in [-0.39, 0.29) is 17.2 Å². The molecule has 4 heterocycles. The van der Waals surface area contributed by atoms with Gasteiger partial charge in [0.25, 0.3) is 11.5 Å². The molecule has 0 saturated heterocycles. The maximum atomic E-state index is 13.0. The monoisotopic (exact) mass is 433 g/mol. The molecule has 0 spiro atoms. The molecular formula is C23H23N5O2S. The third-order valence-electron chi connectivity index (χ3n) is 5.24. The van der Waals surface area contributed by atoms with E-state index in [4.69, 9.17) is 0 Å². The summed E-state index contributed by atoms with van der Waals surface area (Å²) in [6, 6.07) is 9.20. The molecule has 31 heavy (non-hydrogen) atoms. The molecule has 4 rings (SSSR count). The van der Waals surface area contributed by atoms with Gasteiger partial charge in [0.15, 0.2) is 5.82 Å². The molecule has 0 aliphatic rings. The number of rotatable bonds is 5. The third-order valence-corrected chi connectivity index (χ3v) is 5.92. The molecule has 0 unspecified atom stereocenters. The van der Waals surface area contributed by atoms with Gasteiger partial charge in [-0.1, -0.05) is 6.07 Å². The lowest BCUT2D eigenvalue weighted by atomic mass is 10.0. The summed E-state index contributed by atoms with van der Waals surface area (Å²) in [6.45, 7) is 6.00. The van der Waals surface area contributed by atoms with Crippen LogP contribution in [0, 0.1) is 6.92 Å². The Kier molecular flexibility index (Phi) is 5.56. The number of carbonyl (C=O) groups is 1. The van der Waals surface area contributed by atoms with Crippen molar-refractivity contribution in [3.8, 4) is 22.6 Å². The van der Waals surface area contributed by atoms with Gasteiger partial charge in [-0.2, -0.15) is 11.3 Å². The highest BCUT2D eigenvalue weighted by Gasteiger charge is 2.18. The molecule has 0 atom stereocenters. The maximum absolute atomic E-state index is 13.0. The third kappa shape index (κ3) is 3.94. The van der Waals surface area contributed by atoms with Crippen LogP contribution in [0.25, 0.3) is 22.6 Å². The SMILES string of the molecule is Cc1c(-c2ccsc2)cc(C(=O)Nc2cccc(-c3nccn3C(C)C)n2)c(=O)n1C. The Labute approximate surface area is 184 Å². The first kappa shape index (κ1) is 20.7. The highest BCUT2D eigenvalue weighted by atomic mass is 32.1. The normalized spacial score (nSPS) is 11.1. The van der Waals surface area contributed by atoms with Crippen LogP contribution < -0.4 is 10.9 Å². The molecule has 0 aromatic carbocycles. The van der Waals surface area contributed by atoms with Gasteiger partial charge in [0.1, 0.15) is 17.1 Å². The predicted molar refractivity (Wildman–Crippen MR) is 124 cm³/mol. The maximum Gasteiger partial charge on any atom is 0.263 e. The van der Waals surface area contributed by atoms with Crippen LogP contribution in [0.3, 0.4) is 0 Å². The summed E-state index contributed by atoms with van der Waals surface area (Å²) < 4.78 is 3.52. The van der Waals surface area contributed by atoms with E-state index in [2.05, 4.69) is 29.1 Å². The molecule has 0 radical (unpaired) electrons. The molecule has 4 aromatic heterocycles. The Morgan fingerprint density at radius 1 is 1.23 bits per heavy atom. The van der Waals surface area contributed by atoms with Crippen LogP contribution in [0.1, 0.15) is 35.9 Å². The number of carbonyl (C=O) groups excluding carboxylic acids is 1. The zero-order valence-corrected chi connectivity index (χ0v) is 18.6. The first-order valence-electron chi connectivity index (χ1n) is 9.91. The van der Waals surface area contributed by atoms with Crippen molar-refractivity contribution in [2.24, 2.45) is 7.05 Å². The lowest BCUT2D eigenvalue weighted by molar-refractivity contribution is 0.102. The van der Waals surface area contributed by atoms with Crippen molar-refractivity contribution in [2.45, 2.75) is 26.8 Å². The van der Waals surface area contributed by atoms with Crippen molar-refractivity contribution in [3.63, 3.8) is 0 Å². The van der Waals surface area contributed by atoms with Crippen molar-refractivity contribution >= 4 is 23.1 Å². The number of hydrogen-bond acceptors (Lipinski definition) is 5. The fourth-order valence-corrected chi connectivity index (χ4v) is 4.09. The zero-order valence-electron chi connectivity index (χ0n) is 17.8. The number of anilines is 1. The summed E-state index contributed by atoms with van der Waals surface area (Å²) in [5.74, 6) is 0.589. The molecule has 1 N–H and O–H groups in total. The minimum atomic E-state index is -0.492. The van der Waals surface area contributed by atoms with E-state index >= 15 is 0 Å². The van der Waals surface area contributed by atoms with Gasteiger partial charge in [-0.3, -0.25) is 9.59 Å². The van der Waals surface area contributed by atoms with Crippen molar-refractivity contribution < 1.29 is 4.79 Å². The van der Waals surface area contributed by atoms with E-state index in [9.17, 15) is 9.59 Å². The second kappa shape index (κ2) is 8.31. The van der Waals surface area contributed by atoms with Gasteiger partial charge in [-0.05, 0) is 61.4 Å². The number of hydrogen-bond donors (Lipinski definition) is 1. The number of nitrogens with zero attached hydrogens (tertiary/aromatic N) is 4. The predicted octanol–water partition coefficient (Wildman–Crippen LogP) is 4.51. The van der Waals surface area contributed by atoms with Gasteiger partial charge in [0, 0.05) is 36.7 Å². The first-order valence-corrected chi connectivity index (χ1v) is 10.9. The van der Waals surface area contributed by atoms with Crippen LogP contribution in [0.5, 0.6) is 0 Å². The van der Waals surface area contributed by atoms with Crippen molar-refractivity contribution in [2.75, 3.05) is 5.32 Å². The number of nitrogens with one attached hydrogen (secondary N) is 1. The second-order valence-corrected chi connectivity index (χ2v) is 8.33. The van der Waals surface area contributed by atoms with E-state index < -0.39 is 5.91 Å². The Hall–Kier alpha value is -3.52. The Bertz CT molecular complexity index is 1300. The Morgan fingerprint density at radius 2 is 2.03 bits per heavy atom. The lowest BCUT2D eigenvalue weighted by Gasteiger charge is -2.13. The smallest absolute Gasteiger partial charge is 0.263 e. The van der Waals surface area contributed by atoms with Crippen LogP contribution in [0.4, 0.5) is 5.82 Å². The lowest BCUT2D eigenvalue weighted by Crippen LogP contribution is -2.29. The van der Waals surface area contributed by atoms with Crippen LogP contribution in [-0.4, -0.2) is 25.0 Å². The Balaban J connectivity index is 1.68. The molecule has 158 valence electrons. The van der Waals surface area contributed by atoms with Crippen molar-refractivity contribution in [1.29, 1.82) is 0 Å². The summed E-state index contributed by atoms with van der Waals surface area (Å²) in [4.78, 5) is 34.7. The highest BCUT2D eigenvalue weighted by molar-refractivity contribution is 7.08. The van der Waals surface area contributed by atoms with E-state index in [1.807, 2.05) is 40.6 Å². The Morgan fingerprint density at radius 3 is 2.74 bits per heavy atom. The number of pyridine rings is 2. The molecule has 0 aliphatic heterocycles. The standard InChI is InChI=1S/C23H23N5O2S/c1-14(2)28-10-9-24-21(28)19-6-5-7-20(25-19)26-22(29)18-12-17(16-8-11-31-13-16)15(3)27(4)23(18)30/h5-14H,1-4H3,(H,25,26,29). The number of amides is 1. The summed E-state index contributed by atoms with van der Waals surface area (Å²) in [5.41, 5.74) is 3.01. The molecule has 0 aliphatic carbocycles. The topological polar surface area (TPSA) is 81.8 Å². The average Bonchev–Trinajstić information content (AvgIpc) is 3.44. The largest absolute Gasteiger partial charge is 0.327 e. The molecule has 7 nitrogen and oxygen atoms in total. The molecular weight excluding hydrogens is 410 g/mol. The van der Waals surface area contributed by atoms with Gasteiger partial charge in [0.2, 0.25) is 0 Å². The number of imidazole rings is 1. The number of thiophene rings is 1. The minimum Gasteiger partial charge on any atom is -0.327 e. The molecule has 1 amide bonds. The quantitative estimate of drug-likeness (QED) is 0.502. The van der Waals surface area contributed by atoms with E-state index in [1.165, 1.54) is 4.57 Å². The van der Waals surface area contributed by atoms with Crippen LogP contribution in [-0.2, 0) is 7.05 Å². The second-order valence-electron chi connectivity index (χ2n) is 7.55. The number of aromatic nitrogens is 4. The van der Waals surface area contributed by atoms with Gasteiger partial charge in [-0.25, -0.2) is 9.97 Å². The molecule has 0 saturated carbocycles. The van der Waals surface area contributed by atoms with E-state index in [1.54, 1.807) is 42.8 Å². The van der Waals surface area contributed by atoms with Gasteiger partial charge in [0.05, 0.1) is 0 Å². The van der Waals surface area contributed by atoms with Crippen molar-refractivity contribution in [3.05, 3.63) is 75.1 Å². The molecule has 0 bridgehead atoms. The van der Waals surface area contributed by atoms with E-state index in [0.717, 1.165) is 22.6 Å². The zero-order chi connectivity index (χ0) is 22.1. The van der Waals surface area contributed by atoms with Gasteiger partial charge < -0.3 is 14.5 Å². The summed E-state index contributed by atoms with van der Waals surface area (Å²) in [7, 11) is 1.68. The first-order chi connectivity index (χ1) is 14.9. The minimum absolute atomic E-state index is 0.0742. The highest BCUT2D eigenvalue weighted by Crippen LogP contribution is 2.26.